The lowest BCUT2D eigenvalue weighted by Crippen LogP contribution is -2.09. The van der Waals surface area contributed by atoms with Gasteiger partial charge in [-0.15, -0.1) is 5.10 Å². The molecule has 0 aliphatic rings. The second-order valence-electron chi connectivity index (χ2n) is 6.04. The number of fused-ring (bicyclic) bond motifs is 3. The quantitative estimate of drug-likeness (QED) is 0.446. The Kier molecular flexibility index (Phi) is 3.45. The summed E-state index contributed by atoms with van der Waals surface area (Å²) >= 11 is 0. The fourth-order valence-electron chi connectivity index (χ4n) is 3.02. The molecule has 0 saturated carbocycles. The summed E-state index contributed by atoms with van der Waals surface area (Å²) in [7, 11) is 0. The first-order valence-corrected chi connectivity index (χ1v) is 8.23. The van der Waals surface area contributed by atoms with Gasteiger partial charge < -0.3 is 4.42 Å². The van der Waals surface area contributed by atoms with Crippen molar-refractivity contribution in [2.24, 2.45) is 0 Å². The maximum absolute atomic E-state index is 13.9. The molecule has 0 saturated heterocycles. The van der Waals surface area contributed by atoms with Gasteiger partial charge in [0.15, 0.2) is 17.1 Å². The Balaban J connectivity index is 1.84. The largest absolute Gasteiger partial charge is 0.461 e. The second kappa shape index (κ2) is 5.88. The predicted octanol–water partition coefficient (Wildman–Crippen LogP) is 4.62. The van der Waals surface area contributed by atoms with Crippen LogP contribution < -0.4 is 0 Å². The first-order valence-electron chi connectivity index (χ1n) is 8.23. The zero-order valence-electron chi connectivity index (χ0n) is 14.1. The van der Waals surface area contributed by atoms with E-state index in [0.29, 0.717) is 11.3 Å². The van der Waals surface area contributed by atoms with Crippen LogP contribution in [0, 0.1) is 0 Å². The van der Waals surface area contributed by atoms with Crippen LogP contribution in [0.1, 0.15) is 5.56 Å². The van der Waals surface area contributed by atoms with E-state index in [2.05, 4.69) is 20.1 Å². The first-order chi connectivity index (χ1) is 13.5. The normalized spacial score (nSPS) is 12.1. The van der Waals surface area contributed by atoms with Crippen molar-refractivity contribution >= 4 is 16.7 Å². The van der Waals surface area contributed by atoms with E-state index in [9.17, 15) is 13.2 Å². The summed E-state index contributed by atoms with van der Waals surface area (Å²) < 4.78 is 48.1. The molecule has 9 heteroatoms. The Morgan fingerprint density at radius 1 is 0.964 bits per heavy atom. The van der Waals surface area contributed by atoms with Gasteiger partial charge in [0.2, 0.25) is 5.82 Å². The fraction of sp³-hybridized carbons (Fsp3) is 0.0526. The van der Waals surface area contributed by atoms with Crippen molar-refractivity contribution in [3.8, 4) is 22.8 Å². The lowest BCUT2D eigenvalue weighted by Gasteiger charge is -2.12. The molecule has 5 rings (SSSR count). The zero-order chi connectivity index (χ0) is 19.3. The van der Waals surface area contributed by atoms with E-state index in [4.69, 9.17) is 4.42 Å². The molecular weight excluding hydrogens is 371 g/mol. The van der Waals surface area contributed by atoms with Gasteiger partial charge in [-0.3, -0.25) is 0 Å². The highest BCUT2D eigenvalue weighted by Crippen LogP contribution is 2.37. The monoisotopic (exact) mass is 381 g/mol. The van der Waals surface area contributed by atoms with Crippen LogP contribution >= 0.6 is 0 Å². The van der Waals surface area contributed by atoms with Gasteiger partial charge in [0, 0.05) is 5.56 Å². The van der Waals surface area contributed by atoms with Crippen LogP contribution in [0.5, 0.6) is 0 Å². The topological polar surface area (TPSA) is 69.1 Å². The molecule has 28 heavy (non-hydrogen) atoms. The van der Waals surface area contributed by atoms with Gasteiger partial charge in [0.25, 0.3) is 0 Å². The fourth-order valence-corrected chi connectivity index (χ4v) is 3.02. The van der Waals surface area contributed by atoms with Crippen LogP contribution in [0.15, 0.2) is 65.5 Å². The van der Waals surface area contributed by atoms with Crippen LogP contribution in [0.25, 0.3) is 39.5 Å². The smallest absolute Gasteiger partial charge is 0.417 e. The zero-order valence-corrected chi connectivity index (χ0v) is 14.1. The van der Waals surface area contributed by atoms with E-state index < -0.39 is 11.7 Å². The van der Waals surface area contributed by atoms with Crippen molar-refractivity contribution in [3.63, 3.8) is 0 Å². The van der Waals surface area contributed by atoms with Crippen LogP contribution in [-0.2, 0) is 6.18 Å². The molecule has 0 spiro atoms. The number of hydrogen-bond donors (Lipinski definition) is 0. The number of alkyl halides is 3. The van der Waals surface area contributed by atoms with Crippen LogP contribution in [0.3, 0.4) is 0 Å². The third-order valence-corrected chi connectivity index (χ3v) is 4.26. The standard InChI is InChI=1S/C19H10F3N5O/c20-19(21,22)12-9-13(11-5-2-1-3-6-11)24-17-15(12)18-25-16(14-7-4-8-28-14)26-27(18)10-23-17/h1-10H. The highest BCUT2D eigenvalue weighted by atomic mass is 19.4. The number of pyridine rings is 1. The van der Waals surface area contributed by atoms with Crippen molar-refractivity contribution in [2.45, 2.75) is 6.18 Å². The van der Waals surface area contributed by atoms with Crippen molar-refractivity contribution in [1.82, 2.24) is 24.6 Å². The summed E-state index contributed by atoms with van der Waals surface area (Å²) in [5, 5.41) is 3.95. The lowest BCUT2D eigenvalue weighted by atomic mass is 10.1. The van der Waals surface area contributed by atoms with Crippen molar-refractivity contribution in [2.75, 3.05) is 0 Å². The van der Waals surface area contributed by atoms with Crippen LogP contribution in [0.4, 0.5) is 13.2 Å². The number of furan rings is 1. The molecule has 4 aromatic heterocycles. The number of benzene rings is 1. The summed E-state index contributed by atoms with van der Waals surface area (Å²) in [5.74, 6) is 0.513. The van der Waals surface area contributed by atoms with Gasteiger partial charge >= 0.3 is 6.18 Å². The minimum absolute atomic E-state index is 0.0100. The Morgan fingerprint density at radius 2 is 1.79 bits per heavy atom. The van der Waals surface area contributed by atoms with E-state index in [1.807, 2.05) is 0 Å². The van der Waals surface area contributed by atoms with Gasteiger partial charge in [0.05, 0.1) is 22.9 Å². The van der Waals surface area contributed by atoms with E-state index in [0.717, 1.165) is 6.07 Å². The van der Waals surface area contributed by atoms with E-state index in [1.165, 1.54) is 17.1 Å². The number of rotatable bonds is 2. The summed E-state index contributed by atoms with van der Waals surface area (Å²) in [4.78, 5) is 12.6. The Hall–Kier alpha value is -3.75. The summed E-state index contributed by atoms with van der Waals surface area (Å²) in [6.07, 6.45) is -1.89. The molecule has 5 aromatic rings. The Bertz CT molecular complexity index is 1290. The summed E-state index contributed by atoms with van der Waals surface area (Å²) in [5.41, 5.74) is -0.166. The van der Waals surface area contributed by atoms with Crippen LogP contribution in [-0.4, -0.2) is 24.6 Å². The third-order valence-electron chi connectivity index (χ3n) is 4.26. The van der Waals surface area contributed by atoms with Gasteiger partial charge in [-0.2, -0.15) is 13.2 Å². The SMILES string of the molecule is FC(F)(F)c1cc(-c2ccccc2)nc2ncn3nc(-c4ccco4)nc3c12. The molecule has 1 aromatic carbocycles. The molecule has 0 N–H and O–H groups in total. The molecule has 0 atom stereocenters. The van der Waals surface area contributed by atoms with Gasteiger partial charge in [-0.1, -0.05) is 30.3 Å². The first kappa shape index (κ1) is 16.4. The highest BCUT2D eigenvalue weighted by molar-refractivity contribution is 5.94. The molecule has 0 amide bonds. The highest BCUT2D eigenvalue weighted by Gasteiger charge is 2.35. The van der Waals surface area contributed by atoms with E-state index in [1.54, 1.807) is 42.5 Å². The molecule has 0 aliphatic carbocycles. The van der Waals surface area contributed by atoms with Gasteiger partial charge in [-0.25, -0.2) is 19.5 Å². The number of aromatic nitrogens is 5. The van der Waals surface area contributed by atoms with Crippen molar-refractivity contribution in [1.29, 1.82) is 0 Å². The van der Waals surface area contributed by atoms with Gasteiger partial charge in [0.1, 0.15) is 6.33 Å². The molecule has 0 unspecified atom stereocenters. The third kappa shape index (κ3) is 2.59. The predicted molar refractivity (Wildman–Crippen MR) is 94.2 cm³/mol. The average molecular weight is 381 g/mol. The number of nitrogens with zero attached hydrogens (tertiary/aromatic N) is 5. The molecule has 0 fully saturated rings. The minimum Gasteiger partial charge on any atom is -0.461 e. The molecule has 0 radical (unpaired) electrons. The summed E-state index contributed by atoms with van der Waals surface area (Å²) in [6, 6.07) is 12.9. The Labute approximate surface area is 155 Å². The van der Waals surface area contributed by atoms with Crippen molar-refractivity contribution in [3.05, 3.63) is 66.7 Å². The molecule has 0 bridgehead atoms. The lowest BCUT2D eigenvalue weighted by molar-refractivity contribution is -0.136. The van der Waals surface area contributed by atoms with Crippen LogP contribution in [0.2, 0.25) is 0 Å². The second-order valence-corrected chi connectivity index (χ2v) is 6.04. The summed E-state index contributed by atoms with van der Waals surface area (Å²) in [6.45, 7) is 0. The van der Waals surface area contributed by atoms with Crippen molar-refractivity contribution < 1.29 is 17.6 Å². The maximum atomic E-state index is 13.9. The molecular formula is C19H10F3N5O. The average Bonchev–Trinajstić information content (AvgIpc) is 3.36. The maximum Gasteiger partial charge on any atom is 0.417 e. The number of halogens is 3. The molecule has 138 valence electrons. The van der Waals surface area contributed by atoms with Gasteiger partial charge in [-0.05, 0) is 18.2 Å². The Morgan fingerprint density at radius 3 is 2.50 bits per heavy atom. The molecule has 4 heterocycles. The molecule has 6 nitrogen and oxygen atoms in total. The number of hydrogen-bond acceptors (Lipinski definition) is 5. The van der Waals surface area contributed by atoms with E-state index in [-0.39, 0.29) is 28.2 Å². The van der Waals surface area contributed by atoms with E-state index >= 15 is 0 Å². The molecule has 0 aliphatic heterocycles. The minimum atomic E-state index is -4.62.